The zero-order valence-electron chi connectivity index (χ0n) is 16.7. The molecule has 152 valence electrons. The Labute approximate surface area is 179 Å². The largest absolute Gasteiger partial charge is 0.356 e. The number of thioether (sulfide) groups is 1. The molecule has 1 fully saturated rings. The zero-order valence-corrected chi connectivity index (χ0v) is 17.5. The van der Waals surface area contributed by atoms with Gasteiger partial charge in [-0.3, -0.25) is 9.36 Å². The summed E-state index contributed by atoms with van der Waals surface area (Å²) in [6, 6.07) is 13.5. The lowest BCUT2D eigenvalue weighted by Gasteiger charge is -2.33. The zero-order chi connectivity index (χ0) is 20.9. The summed E-state index contributed by atoms with van der Waals surface area (Å²) in [5.41, 5.74) is 2.12. The molecule has 0 bridgehead atoms. The Balaban J connectivity index is 1.37. The van der Waals surface area contributed by atoms with Crippen LogP contribution < -0.4 is 10.2 Å². The Morgan fingerprint density at radius 1 is 1.23 bits per heavy atom. The first kappa shape index (κ1) is 20.0. The molecule has 0 radical (unpaired) electrons. The molecule has 3 aromatic rings. The Morgan fingerprint density at radius 3 is 2.77 bits per heavy atom. The first-order valence-electron chi connectivity index (χ1n) is 9.77. The van der Waals surface area contributed by atoms with Crippen LogP contribution in [0.2, 0.25) is 0 Å². The van der Waals surface area contributed by atoms with Crippen LogP contribution in [0.3, 0.4) is 0 Å². The van der Waals surface area contributed by atoms with E-state index in [1.807, 2.05) is 47.4 Å². The van der Waals surface area contributed by atoms with Gasteiger partial charge in [-0.05, 0) is 49.4 Å². The Bertz CT molecular complexity index is 1060. The second-order valence-corrected chi connectivity index (χ2v) is 7.86. The maximum absolute atomic E-state index is 12.8. The van der Waals surface area contributed by atoms with Crippen LogP contribution in [0.1, 0.15) is 28.8 Å². The number of carbonyl (C=O) groups excluding carboxylic acids is 1. The number of imidazole rings is 1. The van der Waals surface area contributed by atoms with Crippen molar-refractivity contribution in [3.8, 4) is 11.8 Å². The van der Waals surface area contributed by atoms with Gasteiger partial charge in [-0.2, -0.15) is 5.26 Å². The number of nitrogens with zero attached hydrogens (tertiary/aromatic N) is 5. The van der Waals surface area contributed by atoms with Crippen LogP contribution in [0.15, 0.2) is 60.1 Å². The van der Waals surface area contributed by atoms with E-state index in [1.54, 1.807) is 30.2 Å². The van der Waals surface area contributed by atoms with E-state index in [-0.39, 0.29) is 11.9 Å². The number of nitrogens with one attached hydrogen (secondary N) is 1. The van der Waals surface area contributed by atoms with Crippen LogP contribution in [0.5, 0.6) is 0 Å². The van der Waals surface area contributed by atoms with E-state index in [1.165, 1.54) is 0 Å². The number of pyridine rings is 1. The first-order chi connectivity index (χ1) is 14.7. The minimum Gasteiger partial charge on any atom is -0.356 e. The van der Waals surface area contributed by atoms with Gasteiger partial charge in [0.1, 0.15) is 11.9 Å². The molecule has 0 saturated carbocycles. The van der Waals surface area contributed by atoms with Gasteiger partial charge in [-0.25, -0.2) is 9.97 Å². The van der Waals surface area contributed by atoms with Gasteiger partial charge in [-0.15, -0.1) is 0 Å². The average Bonchev–Trinajstić information content (AvgIpc) is 3.29. The number of amides is 1. The van der Waals surface area contributed by atoms with Crippen LogP contribution in [-0.2, 0) is 0 Å². The van der Waals surface area contributed by atoms with Crippen molar-refractivity contribution in [1.29, 1.82) is 5.26 Å². The molecule has 1 aliphatic rings. The predicted molar refractivity (Wildman–Crippen MR) is 117 cm³/mol. The molecule has 7 nitrogen and oxygen atoms in total. The summed E-state index contributed by atoms with van der Waals surface area (Å²) < 4.78 is 1.98. The highest BCUT2D eigenvalue weighted by Crippen LogP contribution is 2.20. The number of carbonyl (C=O) groups is 1. The number of rotatable bonds is 5. The lowest BCUT2D eigenvalue weighted by Crippen LogP contribution is -2.45. The molecule has 1 N–H and O–H groups in total. The number of piperidine rings is 1. The van der Waals surface area contributed by atoms with E-state index < -0.39 is 0 Å². The van der Waals surface area contributed by atoms with E-state index in [2.05, 4.69) is 26.3 Å². The van der Waals surface area contributed by atoms with Crippen LogP contribution >= 0.6 is 11.8 Å². The molecule has 1 saturated heterocycles. The van der Waals surface area contributed by atoms with Crippen molar-refractivity contribution in [2.75, 3.05) is 24.2 Å². The molecule has 1 aliphatic heterocycles. The Morgan fingerprint density at radius 2 is 2.07 bits per heavy atom. The number of benzene rings is 1. The fourth-order valence-electron chi connectivity index (χ4n) is 3.60. The fourth-order valence-corrected chi connectivity index (χ4v) is 4.12. The highest BCUT2D eigenvalue weighted by Gasteiger charge is 2.22. The van der Waals surface area contributed by atoms with Crippen molar-refractivity contribution in [3.63, 3.8) is 0 Å². The van der Waals surface area contributed by atoms with Crippen molar-refractivity contribution in [2.45, 2.75) is 24.0 Å². The van der Waals surface area contributed by atoms with Crippen LogP contribution in [0, 0.1) is 11.3 Å². The first-order valence-corrected chi connectivity index (χ1v) is 11.0. The van der Waals surface area contributed by atoms with E-state index in [4.69, 9.17) is 5.26 Å². The third kappa shape index (κ3) is 4.31. The summed E-state index contributed by atoms with van der Waals surface area (Å²) in [4.78, 5) is 23.7. The van der Waals surface area contributed by atoms with Gasteiger partial charge in [0, 0.05) is 49.0 Å². The minimum atomic E-state index is -0.0578. The van der Waals surface area contributed by atoms with E-state index in [9.17, 15) is 4.79 Å². The number of anilines is 1. The quantitative estimate of drug-likeness (QED) is 0.640. The average molecular weight is 419 g/mol. The standard InChI is InChI=1S/C22H22N6OS/c1-30-22-24-9-12-28(22)19-4-2-3-17(13-19)21(29)26-18-7-10-27(11-8-18)20-6-5-16(14-23)15-25-20/h2-6,9,12-13,15,18H,7-8,10-11H2,1H3,(H,26,29). The van der Waals surface area contributed by atoms with Crippen LogP contribution in [-0.4, -0.2) is 45.8 Å². The number of aromatic nitrogens is 3. The number of nitriles is 1. The molecule has 8 heteroatoms. The van der Waals surface area contributed by atoms with Crippen LogP contribution in [0.25, 0.3) is 5.69 Å². The van der Waals surface area contributed by atoms with Gasteiger partial charge < -0.3 is 10.2 Å². The molecule has 0 aliphatic carbocycles. The van der Waals surface area contributed by atoms with Crippen LogP contribution in [0.4, 0.5) is 5.82 Å². The van der Waals surface area contributed by atoms with Crippen molar-refractivity contribution in [2.24, 2.45) is 0 Å². The summed E-state index contributed by atoms with van der Waals surface area (Å²) in [5, 5.41) is 13.0. The highest BCUT2D eigenvalue weighted by molar-refractivity contribution is 7.98. The third-order valence-electron chi connectivity index (χ3n) is 5.21. The monoisotopic (exact) mass is 418 g/mol. The van der Waals surface area contributed by atoms with Crippen molar-refractivity contribution < 1.29 is 4.79 Å². The highest BCUT2D eigenvalue weighted by atomic mass is 32.2. The molecule has 4 rings (SSSR count). The van der Waals surface area contributed by atoms with Gasteiger partial charge in [0.25, 0.3) is 5.91 Å². The lowest BCUT2D eigenvalue weighted by molar-refractivity contribution is 0.0931. The van der Waals surface area contributed by atoms with E-state index >= 15 is 0 Å². The second kappa shape index (κ2) is 9.01. The summed E-state index contributed by atoms with van der Waals surface area (Å²) >= 11 is 1.57. The van der Waals surface area contributed by atoms with E-state index in [0.717, 1.165) is 42.6 Å². The number of hydrogen-bond donors (Lipinski definition) is 1. The molecular formula is C22H22N6OS. The lowest BCUT2D eigenvalue weighted by atomic mass is 10.0. The van der Waals surface area contributed by atoms with Gasteiger partial charge in [0.15, 0.2) is 5.16 Å². The fraction of sp³-hybridized carbons (Fsp3) is 0.273. The molecule has 30 heavy (non-hydrogen) atoms. The van der Waals surface area contributed by atoms with Crippen molar-refractivity contribution in [3.05, 3.63) is 66.1 Å². The molecule has 3 heterocycles. The number of hydrogen-bond acceptors (Lipinski definition) is 6. The van der Waals surface area contributed by atoms with Gasteiger partial charge in [0.05, 0.1) is 5.56 Å². The summed E-state index contributed by atoms with van der Waals surface area (Å²) in [7, 11) is 0. The molecular weight excluding hydrogens is 396 g/mol. The topological polar surface area (TPSA) is 86.8 Å². The normalized spacial score (nSPS) is 14.3. The summed E-state index contributed by atoms with van der Waals surface area (Å²) in [6.07, 6.45) is 8.94. The summed E-state index contributed by atoms with van der Waals surface area (Å²) in [5.74, 6) is 0.814. The maximum atomic E-state index is 12.8. The molecule has 0 unspecified atom stereocenters. The van der Waals surface area contributed by atoms with E-state index in [0.29, 0.717) is 11.1 Å². The molecule has 1 amide bonds. The smallest absolute Gasteiger partial charge is 0.251 e. The van der Waals surface area contributed by atoms with Gasteiger partial charge >= 0.3 is 0 Å². The molecule has 0 spiro atoms. The molecule has 2 aromatic heterocycles. The Hall–Kier alpha value is -3.31. The Kier molecular flexibility index (Phi) is 6.00. The maximum Gasteiger partial charge on any atom is 0.251 e. The SMILES string of the molecule is CSc1nccn1-c1cccc(C(=O)NC2CCN(c3ccc(C#N)cn3)CC2)c1. The van der Waals surface area contributed by atoms with Gasteiger partial charge in [0.2, 0.25) is 0 Å². The predicted octanol–water partition coefficient (Wildman–Crippen LogP) is 3.26. The third-order valence-corrected chi connectivity index (χ3v) is 5.87. The van der Waals surface area contributed by atoms with Crippen molar-refractivity contribution >= 4 is 23.5 Å². The van der Waals surface area contributed by atoms with Gasteiger partial charge in [-0.1, -0.05) is 17.8 Å². The second-order valence-electron chi connectivity index (χ2n) is 7.09. The molecule has 0 atom stereocenters. The minimum absolute atomic E-state index is 0.0578. The van der Waals surface area contributed by atoms with Crippen molar-refractivity contribution in [1.82, 2.24) is 19.9 Å². The molecule has 1 aromatic carbocycles. The summed E-state index contributed by atoms with van der Waals surface area (Å²) in [6.45, 7) is 1.63.